The van der Waals surface area contributed by atoms with Gasteiger partial charge < -0.3 is 4.74 Å². The summed E-state index contributed by atoms with van der Waals surface area (Å²) in [6.07, 6.45) is 0.772. The molecule has 0 N–H and O–H groups in total. The molecule has 4 nitrogen and oxygen atoms in total. The van der Waals surface area contributed by atoms with Crippen LogP contribution >= 0.6 is 12.6 Å². The van der Waals surface area contributed by atoms with Crippen LogP contribution in [0.3, 0.4) is 0 Å². The van der Waals surface area contributed by atoms with Gasteiger partial charge in [-0.3, -0.25) is 10.1 Å². The maximum atomic E-state index is 10.8. The number of para-hydroxylation sites is 1. The van der Waals surface area contributed by atoms with E-state index in [9.17, 15) is 10.1 Å². The highest BCUT2D eigenvalue weighted by Gasteiger charge is 2.17. The van der Waals surface area contributed by atoms with Crippen molar-refractivity contribution in [3.63, 3.8) is 0 Å². The molecule has 0 aliphatic carbocycles. The van der Waals surface area contributed by atoms with Crippen LogP contribution in [0.15, 0.2) is 18.2 Å². The molecule has 0 radical (unpaired) electrons. The Balaban J connectivity index is 2.86. The van der Waals surface area contributed by atoms with Crippen molar-refractivity contribution in [2.75, 3.05) is 12.4 Å². The van der Waals surface area contributed by atoms with Crippen LogP contribution in [0.1, 0.15) is 12.0 Å². The van der Waals surface area contributed by atoms with Crippen molar-refractivity contribution in [2.24, 2.45) is 0 Å². The van der Waals surface area contributed by atoms with Crippen LogP contribution in [0.25, 0.3) is 0 Å². The third-order valence-electron chi connectivity index (χ3n) is 1.94. The summed E-state index contributed by atoms with van der Waals surface area (Å²) in [6.45, 7) is 2.15. The maximum absolute atomic E-state index is 10.8. The van der Waals surface area contributed by atoms with Crippen molar-refractivity contribution < 1.29 is 9.66 Å². The summed E-state index contributed by atoms with van der Waals surface area (Å²) < 4.78 is 5.33. The zero-order valence-electron chi connectivity index (χ0n) is 8.47. The van der Waals surface area contributed by atoms with E-state index in [1.165, 1.54) is 0 Å². The number of ether oxygens (including phenoxy) is 1. The van der Waals surface area contributed by atoms with Gasteiger partial charge in [-0.05, 0) is 25.2 Å². The van der Waals surface area contributed by atoms with E-state index in [0.29, 0.717) is 23.7 Å². The fraction of sp³-hybridized carbons (Fsp3) is 0.400. The molecule has 0 atom stereocenters. The van der Waals surface area contributed by atoms with Gasteiger partial charge in [0.15, 0.2) is 5.75 Å². The zero-order valence-corrected chi connectivity index (χ0v) is 9.37. The van der Waals surface area contributed by atoms with E-state index in [1.54, 1.807) is 25.1 Å². The van der Waals surface area contributed by atoms with E-state index in [1.807, 2.05) is 0 Å². The fourth-order valence-corrected chi connectivity index (χ4v) is 1.36. The Morgan fingerprint density at radius 1 is 1.53 bits per heavy atom. The number of nitrogens with zero attached hydrogens (tertiary/aromatic N) is 1. The lowest BCUT2D eigenvalue weighted by Crippen LogP contribution is -2.02. The van der Waals surface area contributed by atoms with E-state index in [2.05, 4.69) is 12.6 Å². The summed E-state index contributed by atoms with van der Waals surface area (Å²) in [5, 5.41) is 10.8. The predicted molar refractivity (Wildman–Crippen MR) is 61.8 cm³/mol. The average molecular weight is 227 g/mol. The van der Waals surface area contributed by atoms with Crippen molar-refractivity contribution in [3.8, 4) is 5.75 Å². The average Bonchev–Trinajstić information content (AvgIpc) is 2.17. The predicted octanol–water partition coefficient (Wildman–Crippen LogP) is 2.60. The molecule has 0 saturated heterocycles. The summed E-state index contributed by atoms with van der Waals surface area (Å²) in [5.41, 5.74) is 0.667. The number of thiol groups is 1. The fourth-order valence-electron chi connectivity index (χ4n) is 1.23. The first-order valence-electron chi connectivity index (χ1n) is 4.64. The number of aryl methyl sites for hydroxylation is 1. The van der Waals surface area contributed by atoms with Gasteiger partial charge in [-0.15, -0.1) is 0 Å². The lowest BCUT2D eigenvalue weighted by Gasteiger charge is -2.06. The van der Waals surface area contributed by atoms with Gasteiger partial charge in [0.05, 0.1) is 11.5 Å². The van der Waals surface area contributed by atoms with Crippen LogP contribution < -0.4 is 4.74 Å². The molecule has 0 saturated carbocycles. The molecule has 0 aliphatic rings. The summed E-state index contributed by atoms with van der Waals surface area (Å²) in [5.74, 6) is 1.04. The minimum atomic E-state index is -0.411. The number of nitro benzene ring substituents is 1. The van der Waals surface area contributed by atoms with Gasteiger partial charge in [-0.25, -0.2) is 0 Å². The molecule has 0 heterocycles. The normalized spacial score (nSPS) is 10.0. The molecular weight excluding hydrogens is 214 g/mol. The van der Waals surface area contributed by atoms with Crippen molar-refractivity contribution >= 4 is 18.3 Å². The quantitative estimate of drug-likeness (QED) is 0.364. The van der Waals surface area contributed by atoms with Crippen molar-refractivity contribution in [1.29, 1.82) is 0 Å². The standard InChI is InChI=1S/C10H13NO3S/c1-8-4-2-5-9(10(8)11(12)13)14-6-3-7-15/h2,4-5,15H,3,6-7H2,1H3. The van der Waals surface area contributed by atoms with Gasteiger partial charge in [-0.1, -0.05) is 12.1 Å². The number of rotatable bonds is 5. The monoisotopic (exact) mass is 227 g/mol. The van der Waals surface area contributed by atoms with Crippen LogP contribution in [-0.4, -0.2) is 17.3 Å². The second-order valence-electron chi connectivity index (χ2n) is 3.10. The van der Waals surface area contributed by atoms with Gasteiger partial charge >= 0.3 is 5.69 Å². The maximum Gasteiger partial charge on any atom is 0.313 e. The first-order chi connectivity index (χ1) is 7.16. The molecule has 5 heteroatoms. The number of nitro groups is 1. The second-order valence-corrected chi connectivity index (χ2v) is 3.55. The lowest BCUT2D eigenvalue weighted by molar-refractivity contribution is -0.386. The molecule has 1 aromatic rings. The second kappa shape index (κ2) is 5.60. The Hall–Kier alpha value is -1.23. The van der Waals surface area contributed by atoms with Gasteiger partial charge in [0, 0.05) is 5.56 Å². The van der Waals surface area contributed by atoms with E-state index in [-0.39, 0.29) is 5.69 Å². The van der Waals surface area contributed by atoms with Gasteiger partial charge in [-0.2, -0.15) is 12.6 Å². The molecule has 0 fully saturated rings. The van der Waals surface area contributed by atoms with E-state index >= 15 is 0 Å². The molecule has 0 bridgehead atoms. The molecule has 0 spiro atoms. The minimum Gasteiger partial charge on any atom is -0.487 e. The third-order valence-corrected chi connectivity index (χ3v) is 2.26. The number of hydrogen-bond donors (Lipinski definition) is 1. The summed E-state index contributed by atoms with van der Waals surface area (Å²) >= 11 is 4.04. The largest absolute Gasteiger partial charge is 0.487 e. The highest BCUT2D eigenvalue weighted by Crippen LogP contribution is 2.30. The Kier molecular flexibility index (Phi) is 4.42. The minimum absolute atomic E-state index is 0.0525. The molecule has 15 heavy (non-hydrogen) atoms. The van der Waals surface area contributed by atoms with Crippen LogP contribution in [0.5, 0.6) is 5.75 Å². The molecular formula is C10H13NO3S. The number of hydrogen-bond acceptors (Lipinski definition) is 4. The zero-order chi connectivity index (χ0) is 11.3. The van der Waals surface area contributed by atoms with Crippen LogP contribution in [0.2, 0.25) is 0 Å². The molecule has 0 aliphatic heterocycles. The smallest absolute Gasteiger partial charge is 0.313 e. The molecule has 1 aromatic carbocycles. The third kappa shape index (κ3) is 3.13. The first-order valence-corrected chi connectivity index (χ1v) is 5.27. The van der Waals surface area contributed by atoms with E-state index in [4.69, 9.17) is 4.74 Å². The van der Waals surface area contributed by atoms with E-state index in [0.717, 1.165) is 6.42 Å². The Morgan fingerprint density at radius 3 is 2.87 bits per heavy atom. The molecule has 0 unspecified atom stereocenters. The molecule has 82 valence electrons. The van der Waals surface area contributed by atoms with Crippen molar-refractivity contribution in [2.45, 2.75) is 13.3 Å². The van der Waals surface area contributed by atoms with Crippen molar-refractivity contribution in [3.05, 3.63) is 33.9 Å². The topological polar surface area (TPSA) is 52.4 Å². The molecule has 0 aromatic heterocycles. The first kappa shape index (κ1) is 11.8. The van der Waals surface area contributed by atoms with Crippen LogP contribution in [-0.2, 0) is 0 Å². The summed E-state index contributed by atoms with van der Waals surface area (Å²) in [4.78, 5) is 10.4. The molecule has 1 rings (SSSR count). The SMILES string of the molecule is Cc1cccc(OCCCS)c1[N+](=O)[O-]. The van der Waals surface area contributed by atoms with Gasteiger partial charge in [0.25, 0.3) is 0 Å². The summed E-state index contributed by atoms with van der Waals surface area (Å²) in [6, 6.07) is 5.06. The Morgan fingerprint density at radius 2 is 2.27 bits per heavy atom. The highest BCUT2D eigenvalue weighted by molar-refractivity contribution is 7.80. The lowest BCUT2D eigenvalue weighted by atomic mass is 10.2. The Labute approximate surface area is 93.8 Å². The number of benzene rings is 1. The highest BCUT2D eigenvalue weighted by atomic mass is 32.1. The van der Waals surface area contributed by atoms with Gasteiger partial charge in [0.2, 0.25) is 0 Å². The van der Waals surface area contributed by atoms with E-state index < -0.39 is 4.92 Å². The molecule has 0 amide bonds. The van der Waals surface area contributed by atoms with Crippen LogP contribution in [0.4, 0.5) is 5.69 Å². The van der Waals surface area contributed by atoms with Gasteiger partial charge in [0.1, 0.15) is 0 Å². The Bertz CT molecular complexity index is 355. The van der Waals surface area contributed by atoms with Crippen molar-refractivity contribution in [1.82, 2.24) is 0 Å². The summed E-state index contributed by atoms with van der Waals surface area (Å²) in [7, 11) is 0. The van der Waals surface area contributed by atoms with Crippen LogP contribution in [0, 0.1) is 17.0 Å².